The number of nitrogens with one attached hydrogen (secondary N) is 1. The normalized spacial score (nSPS) is 16.0. The molecule has 224 valence electrons. The van der Waals surface area contributed by atoms with Gasteiger partial charge in [-0.3, -0.25) is 13.9 Å². The quantitative estimate of drug-likeness (QED) is 0.401. The molecule has 0 unspecified atom stereocenters. The van der Waals surface area contributed by atoms with E-state index in [9.17, 15) is 18.0 Å². The highest BCUT2D eigenvalue weighted by molar-refractivity contribution is 7.92. The van der Waals surface area contributed by atoms with Crippen LogP contribution >= 0.6 is 0 Å². The number of fused-ring (bicyclic) bond motifs is 1. The SMILES string of the molecule is CC[C@H](C(=O)NC1CCCCC1)N(Cc1cccc(OC)c1)C(=O)CN(c1ccc2c(c1)OCCO2)S(=O)(=O)CC. The lowest BCUT2D eigenvalue weighted by Crippen LogP contribution is -2.54. The summed E-state index contributed by atoms with van der Waals surface area (Å²) in [5, 5.41) is 3.15. The maximum absolute atomic E-state index is 14.1. The molecule has 1 aliphatic heterocycles. The lowest BCUT2D eigenvalue weighted by atomic mass is 9.95. The Hall–Kier alpha value is -3.47. The summed E-state index contributed by atoms with van der Waals surface area (Å²) in [5.41, 5.74) is 1.07. The van der Waals surface area contributed by atoms with Gasteiger partial charge in [0, 0.05) is 18.7 Å². The van der Waals surface area contributed by atoms with Crippen molar-refractivity contribution in [2.24, 2.45) is 0 Å². The molecule has 0 radical (unpaired) electrons. The lowest BCUT2D eigenvalue weighted by Gasteiger charge is -2.34. The molecular formula is C30H41N3O7S. The van der Waals surface area contributed by atoms with E-state index in [0.717, 1.165) is 42.0 Å². The van der Waals surface area contributed by atoms with Crippen molar-refractivity contribution in [3.05, 3.63) is 48.0 Å². The number of anilines is 1. The minimum Gasteiger partial charge on any atom is -0.497 e. The Bertz CT molecular complexity index is 1310. The van der Waals surface area contributed by atoms with E-state index in [0.29, 0.717) is 42.6 Å². The third-order valence-electron chi connectivity index (χ3n) is 7.62. The van der Waals surface area contributed by atoms with Gasteiger partial charge in [0.2, 0.25) is 21.8 Å². The molecular weight excluding hydrogens is 546 g/mol. The third kappa shape index (κ3) is 7.63. The van der Waals surface area contributed by atoms with E-state index in [1.807, 2.05) is 25.1 Å². The van der Waals surface area contributed by atoms with Gasteiger partial charge in [-0.15, -0.1) is 0 Å². The highest BCUT2D eigenvalue weighted by atomic mass is 32.2. The standard InChI is InChI=1S/C30H41N3O7S/c1-4-26(30(35)31-23-11-7-6-8-12-23)32(20-22-10-9-13-25(18-22)38-3)29(34)21-33(41(36,37)5-2)24-14-15-27-28(19-24)40-17-16-39-27/h9-10,13-15,18-19,23,26H,4-8,11-12,16-17,20-21H2,1-3H3,(H,31,35)/t26-/m1/s1. The maximum Gasteiger partial charge on any atom is 0.244 e. The van der Waals surface area contributed by atoms with Gasteiger partial charge in [0.15, 0.2) is 11.5 Å². The Morgan fingerprint density at radius 3 is 2.44 bits per heavy atom. The second kappa shape index (κ2) is 13.9. The molecule has 2 amide bonds. The average molecular weight is 588 g/mol. The molecule has 1 heterocycles. The molecule has 4 rings (SSSR count). The van der Waals surface area contributed by atoms with Crippen molar-refractivity contribution in [1.29, 1.82) is 0 Å². The lowest BCUT2D eigenvalue weighted by molar-refractivity contribution is -0.140. The zero-order valence-corrected chi connectivity index (χ0v) is 25.0. The topological polar surface area (TPSA) is 114 Å². The number of methoxy groups -OCH3 is 1. The van der Waals surface area contributed by atoms with Crippen LogP contribution in [0.15, 0.2) is 42.5 Å². The van der Waals surface area contributed by atoms with Crippen LogP contribution in [0.2, 0.25) is 0 Å². The van der Waals surface area contributed by atoms with Gasteiger partial charge in [-0.05, 0) is 56.0 Å². The molecule has 2 aromatic rings. The van der Waals surface area contributed by atoms with Crippen LogP contribution in [-0.2, 0) is 26.2 Å². The molecule has 1 N–H and O–H groups in total. The van der Waals surface area contributed by atoms with Crippen LogP contribution in [0, 0.1) is 0 Å². The number of ether oxygens (including phenoxy) is 3. The average Bonchev–Trinajstić information content (AvgIpc) is 2.99. The van der Waals surface area contributed by atoms with Crippen LogP contribution in [0.5, 0.6) is 17.2 Å². The van der Waals surface area contributed by atoms with Crippen LogP contribution in [0.1, 0.15) is 57.9 Å². The number of sulfonamides is 1. The molecule has 1 atom stereocenters. The Labute approximate surface area is 243 Å². The van der Waals surface area contributed by atoms with Crippen LogP contribution in [-0.4, -0.2) is 69.8 Å². The van der Waals surface area contributed by atoms with Crippen LogP contribution in [0.25, 0.3) is 0 Å². The molecule has 0 saturated heterocycles. The summed E-state index contributed by atoms with van der Waals surface area (Å²) in [6.07, 6.45) is 5.49. The zero-order valence-electron chi connectivity index (χ0n) is 24.1. The number of amides is 2. The van der Waals surface area contributed by atoms with Crippen molar-refractivity contribution >= 4 is 27.5 Å². The Kier molecular flexibility index (Phi) is 10.4. The van der Waals surface area contributed by atoms with Crippen molar-refractivity contribution in [2.45, 2.75) is 71.0 Å². The summed E-state index contributed by atoms with van der Waals surface area (Å²) in [6.45, 7) is 3.80. The van der Waals surface area contributed by atoms with Crippen LogP contribution < -0.4 is 23.8 Å². The fraction of sp³-hybridized carbons (Fsp3) is 0.533. The van der Waals surface area contributed by atoms with Crippen molar-refractivity contribution < 1.29 is 32.2 Å². The van der Waals surface area contributed by atoms with Crippen LogP contribution in [0.3, 0.4) is 0 Å². The fourth-order valence-corrected chi connectivity index (χ4v) is 6.39. The molecule has 1 fully saturated rings. The Morgan fingerprint density at radius 2 is 1.76 bits per heavy atom. The van der Waals surface area contributed by atoms with Gasteiger partial charge < -0.3 is 24.4 Å². The Balaban J connectivity index is 1.65. The van der Waals surface area contributed by atoms with E-state index in [1.165, 1.54) is 11.8 Å². The molecule has 2 aliphatic rings. The Morgan fingerprint density at radius 1 is 1.02 bits per heavy atom. The summed E-state index contributed by atoms with van der Waals surface area (Å²) in [4.78, 5) is 29.2. The van der Waals surface area contributed by atoms with E-state index in [4.69, 9.17) is 14.2 Å². The third-order valence-corrected chi connectivity index (χ3v) is 9.36. The monoisotopic (exact) mass is 587 g/mol. The van der Waals surface area contributed by atoms with Gasteiger partial charge >= 0.3 is 0 Å². The number of hydrogen-bond donors (Lipinski definition) is 1. The number of carbonyl (C=O) groups excluding carboxylic acids is 2. The highest BCUT2D eigenvalue weighted by Gasteiger charge is 2.34. The second-order valence-electron chi connectivity index (χ2n) is 10.4. The first-order valence-electron chi connectivity index (χ1n) is 14.4. The van der Waals surface area contributed by atoms with Gasteiger partial charge in [-0.2, -0.15) is 0 Å². The van der Waals surface area contributed by atoms with Gasteiger partial charge in [0.25, 0.3) is 0 Å². The predicted molar refractivity (Wildman–Crippen MR) is 157 cm³/mol. The first-order chi connectivity index (χ1) is 19.7. The molecule has 0 aromatic heterocycles. The minimum atomic E-state index is -3.86. The molecule has 0 bridgehead atoms. The largest absolute Gasteiger partial charge is 0.497 e. The highest BCUT2D eigenvalue weighted by Crippen LogP contribution is 2.35. The molecule has 41 heavy (non-hydrogen) atoms. The van der Waals surface area contributed by atoms with E-state index in [1.54, 1.807) is 31.4 Å². The van der Waals surface area contributed by atoms with Crippen molar-refractivity contribution in [3.8, 4) is 17.2 Å². The molecule has 11 heteroatoms. The van der Waals surface area contributed by atoms with E-state index >= 15 is 0 Å². The summed E-state index contributed by atoms with van der Waals surface area (Å²) in [6, 6.07) is 11.4. The molecule has 10 nitrogen and oxygen atoms in total. The summed E-state index contributed by atoms with van der Waals surface area (Å²) < 4.78 is 44.3. The van der Waals surface area contributed by atoms with E-state index in [2.05, 4.69) is 5.32 Å². The van der Waals surface area contributed by atoms with Gasteiger partial charge in [0.05, 0.1) is 18.6 Å². The number of benzene rings is 2. The summed E-state index contributed by atoms with van der Waals surface area (Å²) >= 11 is 0. The van der Waals surface area contributed by atoms with Crippen molar-refractivity contribution in [1.82, 2.24) is 10.2 Å². The summed E-state index contributed by atoms with van der Waals surface area (Å²) in [7, 11) is -2.29. The van der Waals surface area contributed by atoms with Gasteiger partial charge in [-0.25, -0.2) is 8.42 Å². The molecule has 1 saturated carbocycles. The minimum absolute atomic E-state index is 0.0775. The number of carbonyl (C=O) groups is 2. The second-order valence-corrected chi connectivity index (χ2v) is 12.6. The molecule has 1 aliphatic carbocycles. The zero-order chi connectivity index (χ0) is 29.4. The smallest absolute Gasteiger partial charge is 0.244 e. The van der Waals surface area contributed by atoms with Gasteiger partial charge in [0.1, 0.15) is 31.5 Å². The van der Waals surface area contributed by atoms with Crippen molar-refractivity contribution in [3.63, 3.8) is 0 Å². The summed E-state index contributed by atoms with van der Waals surface area (Å²) in [5.74, 6) is 0.657. The predicted octanol–water partition coefficient (Wildman–Crippen LogP) is 3.88. The van der Waals surface area contributed by atoms with Crippen molar-refractivity contribution in [2.75, 3.05) is 36.9 Å². The van der Waals surface area contributed by atoms with E-state index in [-0.39, 0.29) is 24.2 Å². The number of hydrogen-bond acceptors (Lipinski definition) is 7. The molecule has 2 aromatic carbocycles. The van der Waals surface area contributed by atoms with Crippen LogP contribution in [0.4, 0.5) is 5.69 Å². The number of rotatable bonds is 12. The first-order valence-corrected chi connectivity index (χ1v) is 16.0. The number of nitrogens with zero attached hydrogens (tertiary/aromatic N) is 2. The fourth-order valence-electron chi connectivity index (χ4n) is 5.34. The maximum atomic E-state index is 14.1. The van der Waals surface area contributed by atoms with E-state index < -0.39 is 28.5 Å². The molecule has 0 spiro atoms. The first kappa shape index (κ1) is 30.5. The van der Waals surface area contributed by atoms with Gasteiger partial charge in [-0.1, -0.05) is 38.3 Å².